The van der Waals surface area contributed by atoms with Crippen molar-refractivity contribution in [3.05, 3.63) is 78.1 Å². The van der Waals surface area contributed by atoms with Gasteiger partial charge in [-0.1, -0.05) is 36.4 Å². The number of rotatable bonds is 4. The maximum atomic E-state index is 12.1. The van der Waals surface area contributed by atoms with Crippen molar-refractivity contribution in [2.24, 2.45) is 0 Å². The summed E-state index contributed by atoms with van der Waals surface area (Å²) < 4.78 is 0. The van der Waals surface area contributed by atoms with Gasteiger partial charge in [0.05, 0.1) is 0 Å². The third-order valence-corrected chi connectivity index (χ3v) is 3.42. The number of aromatic nitrogens is 2. The number of nitrogen functional groups attached to an aromatic ring is 1. The van der Waals surface area contributed by atoms with E-state index in [1.165, 1.54) is 0 Å². The van der Waals surface area contributed by atoms with Crippen LogP contribution in [0.4, 0.5) is 5.95 Å². The van der Waals surface area contributed by atoms with Crippen LogP contribution in [0.25, 0.3) is 11.1 Å². The molecule has 0 aliphatic carbocycles. The third kappa shape index (κ3) is 3.71. The van der Waals surface area contributed by atoms with Gasteiger partial charge in [0.2, 0.25) is 5.95 Å². The molecule has 3 aromatic rings. The Labute approximate surface area is 134 Å². The summed E-state index contributed by atoms with van der Waals surface area (Å²) in [6.07, 6.45) is 3.37. The van der Waals surface area contributed by atoms with Crippen molar-refractivity contribution in [2.75, 3.05) is 5.73 Å². The Hall–Kier alpha value is -3.21. The highest BCUT2D eigenvalue weighted by molar-refractivity contribution is 5.94. The molecule has 0 unspecified atom stereocenters. The molecule has 0 atom stereocenters. The predicted molar refractivity (Wildman–Crippen MR) is 89.5 cm³/mol. The van der Waals surface area contributed by atoms with Crippen LogP contribution in [0.5, 0.6) is 0 Å². The number of hydrogen-bond donors (Lipinski definition) is 2. The fourth-order valence-corrected chi connectivity index (χ4v) is 2.22. The minimum absolute atomic E-state index is 0.0909. The lowest BCUT2D eigenvalue weighted by atomic mass is 10.1. The molecule has 1 aromatic heterocycles. The van der Waals surface area contributed by atoms with Crippen LogP contribution in [-0.4, -0.2) is 15.9 Å². The lowest BCUT2D eigenvalue weighted by molar-refractivity contribution is 0.0951. The average molecular weight is 304 g/mol. The van der Waals surface area contributed by atoms with E-state index >= 15 is 0 Å². The molecule has 3 rings (SSSR count). The zero-order valence-corrected chi connectivity index (χ0v) is 12.4. The summed E-state index contributed by atoms with van der Waals surface area (Å²) in [4.78, 5) is 20.1. The van der Waals surface area contributed by atoms with Crippen LogP contribution in [0.1, 0.15) is 15.9 Å². The summed E-state index contributed by atoms with van der Waals surface area (Å²) in [5.74, 6) is 0.159. The summed E-state index contributed by atoms with van der Waals surface area (Å²) in [5.41, 5.74) is 9.02. The summed E-state index contributed by atoms with van der Waals surface area (Å²) in [6.45, 7) is 0.456. The van der Waals surface area contributed by atoms with Crippen molar-refractivity contribution in [1.29, 1.82) is 0 Å². The number of hydrogen-bond acceptors (Lipinski definition) is 4. The molecule has 0 aliphatic rings. The molecule has 0 aliphatic heterocycles. The molecule has 0 saturated heterocycles. The highest BCUT2D eigenvalue weighted by atomic mass is 16.1. The Kier molecular flexibility index (Phi) is 4.29. The van der Waals surface area contributed by atoms with E-state index in [1.807, 2.05) is 42.5 Å². The Bertz CT molecular complexity index is 801. The first kappa shape index (κ1) is 14.7. The second-order valence-electron chi connectivity index (χ2n) is 5.08. The van der Waals surface area contributed by atoms with Crippen molar-refractivity contribution in [3.8, 4) is 11.1 Å². The molecule has 0 spiro atoms. The standard InChI is InChI=1S/C18H16N4O/c19-18-21-11-16(12-22-18)15-8-4-5-13(9-15)10-20-17(23)14-6-2-1-3-7-14/h1-9,11-12H,10H2,(H,20,23)(H2,19,21,22). The number of amides is 1. The Morgan fingerprint density at radius 2 is 1.70 bits per heavy atom. The van der Waals surface area contributed by atoms with Gasteiger partial charge in [0.15, 0.2) is 0 Å². The van der Waals surface area contributed by atoms with Crippen molar-refractivity contribution < 1.29 is 4.79 Å². The monoisotopic (exact) mass is 304 g/mol. The van der Waals surface area contributed by atoms with Gasteiger partial charge in [0, 0.05) is 30.1 Å². The lowest BCUT2D eigenvalue weighted by Gasteiger charge is -2.07. The quantitative estimate of drug-likeness (QED) is 0.776. The smallest absolute Gasteiger partial charge is 0.251 e. The van der Waals surface area contributed by atoms with Gasteiger partial charge in [-0.2, -0.15) is 0 Å². The van der Waals surface area contributed by atoms with Crippen molar-refractivity contribution in [3.63, 3.8) is 0 Å². The summed E-state index contributed by atoms with van der Waals surface area (Å²) in [6, 6.07) is 17.0. The van der Waals surface area contributed by atoms with Crippen molar-refractivity contribution >= 4 is 11.9 Å². The van der Waals surface area contributed by atoms with Crippen LogP contribution < -0.4 is 11.1 Å². The van der Waals surface area contributed by atoms with Gasteiger partial charge in [-0.3, -0.25) is 4.79 Å². The largest absolute Gasteiger partial charge is 0.368 e. The van der Waals surface area contributed by atoms with Crippen molar-refractivity contribution in [1.82, 2.24) is 15.3 Å². The van der Waals surface area contributed by atoms with E-state index in [9.17, 15) is 4.79 Å². The first-order chi connectivity index (χ1) is 11.2. The van der Waals surface area contributed by atoms with Gasteiger partial charge in [0.1, 0.15) is 0 Å². The number of nitrogens with zero attached hydrogens (tertiary/aromatic N) is 2. The van der Waals surface area contributed by atoms with Crippen LogP contribution in [0.3, 0.4) is 0 Å². The van der Waals surface area contributed by atoms with E-state index in [1.54, 1.807) is 24.5 Å². The zero-order chi connectivity index (χ0) is 16.1. The topological polar surface area (TPSA) is 80.9 Å². The molecule has 1 heterocycles. The predicted octanol–water partition coefficient (Wildman–Crippen LogP) is 2.66. The molecular weight excluding hydrogens is 288 g/mol. The fourth-order valence-electron chi connectivity index (χ4n) is 2.22. The molecule has 0 radical (unpaired) electrons. The highest BCUT2D eigenvalue weighted by Crippen LogP contribution is 2.19. The lowest BCUT2D eigenvalue weighted by Crippen LogP contribution is -2.22. The second kappa shape index (κ2) is 6.70. The van der Waals surface area contributed by atoms with E-state index < -0.39 is 0 Å². The first-order valence-corrected chi connectivity index (χ1v) is 7.22. The minimum atomic E-state index is -0.0909. The molecule has 114 valence electrons. The molecule has 0 bridgehead atoms. The molecule has 2 aromatic carbocycles. The second-order valence-corrected chi connectivity index (χ2v) is 5.08. The van der Waals surface area contributed by atoms with E-state index in [0.29, 0.717) is 12.1 Å². The van der Waals surface area contributed by atoms with Gasteiger partial charge in [-0.15, -0.1) is 0 Å². The van der Waals surface area contributed by atoms with Gasteiger partial charge < -0.3 is 11.1 Å². The third-order valence-electron chi connectivity index (χ3n) is 3.42. The van der Waals surface area contributed by atoms with E-state index in [2.05, 4.69) is 15.3 Å². The Morgan fingerprint density at radius 3 is 2.43 bits per heavy atom. The van der Waals surface area contributed by atoms with Crippen LogP contribution in [-0.2, 0) is 6.54 Å². The van der Waals surface area contributed by atoms with Crippen LogP contribution in [0.2, 0.25) is 0 Å². The summed E-state index contributed by atoms with van der Waals surface area (Å²) in [7, 11) is 0. The summed E-state index contributed by atoms with van der Waals surface area (Å²) in [5, 5.41) is 2.91. The summed E-state index contributed by atoms with van der Waals surface area (Å²) >= 11 is 0. The maximum Gasteiger partial charge on any atom is 0.251 e. The number of anilines is 1. The number of carbonyl (C=O) groups is 1. The molecule has 5 nitrogen and oxygen atoms in total. The van der Waals surface area contributed by atoms with Gasteiger partial charge >= 0.3 is 0 Å². The molecule has 0 fully saturated rings. The van der Waals surface area contributed by atoms with Crippen LogP contribution in [0, 0.1) is 0 Å². The number of nitrogens with two attached hydrogens (primary N) is 1. The zero-order valence-electron chi connectivity index (χ0n) is 12.4. The SMILES string of the molecule is Nc1ncc(-c2cccc(CNC(=O)c3ccccc3)c2)cn1. The normalized spacial score (nSPS) is 10.3. The van der Waals surface area contributed by atoms with Crippen molar-refractivity contribution in [2.45, 2.75) is 6.54 Å². The Morgan fingerprint density at radius 1 is 0.957 bits per heavy atom. The fraction of sp³-hybridized carbons (Fsp3) is 0.0556. The minimum Gasteiger partial charge on any atom is -0.368 e. The van der Waals surface area contributed by atoms with Gasteiger partial charge in [-0.25, -0.2) is 9.97 Å². The molecular formula is C18H16N4O. The van der Waals surface area contributed by atoms with Gasteiger partial charge in [0.25, 0.3) is 5.91 Å². The van der Waals surface area contributed by atoms with E-state index in [-0.39, 0.29) is 11.9 Å². The van der Waals surface area contributed by atoms with Crippen LogP contribution in [0.15, 0.2) is 67.0 Å². The molecule has 23 heavy (non-hydrogen) atoms. The molecule has 0 saturated carbocycles. The average Bonchev–Trinajstić information content (AvgIpc) is 2.61. The number of nitrogens with one attached hydrogen (secondary N) is 1. The number of benzene rings is 2. The molecule has 1 amide bonds. The maximum absolute atomic E-state index is 12.1. The highest BCUT2D eigenvalue weighted by Gasteiger charge is 2.05. The van der Waals surface area contributed by atoms with Crippen LogP contribution >= 0.6 is 0 Å². The first-order valence-electron chi connectivity index (χ1n) is 7.22. The van der Waals surface area contributed by atoms with E-state index in [0.717, 1.165) is 16.7 Å². The van der Waals surface area contributed by atoms with Gasteiger partial charge in [-0.05, 0) is 29.3 Å². The molecule has 5 heteroatoms. The number of carbonyl (C=O) groups excluding carboxylic acids is 1. The van der Waals surface area contributed by atoms with E-state index in [4.69, 9.17) is 5.73 Å². The molecule has 3 N–H and O–H groups in total. The Balaban J connectivity index is 1.71.